The molecule has 0 aliphatic carbocycles. The van der Waals surface area contributed by atoms with E-state index in [4.69, 9.17) is 0 Å². The summed E-state index contributed by atoms with van der Waals surface area (Å²) in [7, 11) is 0. The van der Waals surface area contributed by atoms with Gasteiger partial charge in [-0.25, -0.2) is 4.98 Å². The zero-order valence-corrected chi connectivity index (χ0v) is 8.94. The molecule has 0 saturated heterocycles. The van der Waals surface area contributed by atoms with Gasteiger partial charge in [0, 0.05) is 19.5 Å². The minimum Gasteiger partial charge on any atom is -0.355 e. The molecule has 0 bridgehead atoms. The van der Waals surface area contributed by atoms with E-state index in [1.54, 1.807) is 11.0 Å². The van der Waals surface area contributed by atoms with Crippen molar-refractivity contribution in [3.05, 3.63) is 12.7 Å². The van der Waals surface area contributed by atoms with Gasteiger partial charge in [-0.1, -0.05) is 6.92 Å². The topological polar surface area (TPSA) is 71.8 Å². The molecule has 15 heavy (non-hydrogen) atoms. The van der Waals surface area contributed by atoms with Crippen LogP contribution in [0.2, 0.25) is 0 Å². The fourth-order valence-electron chi connectivity index (χ4n) is 1.12. The van der Waals surface area contributed by atoms with Crippen molar-refractivity contribution in [2.75, 3.05) is 19.6 Å². The van der Waals surface area contributed by atoms with Gasteiger partial charge in [-0.3, -0.25) is 9.48 Å². The maximum Gasteiger partial charge on any atom is 0.221 e. The molecule has 6 nitrogen and oxygen atoms in total. The average molecular weight is 211 g/mol. The van der Waals surface area contributed by atoms with Gasteiger partial charge in [0.05, 0.1) is 6.54 Å². The summed E-state index contributed by atoms with van der Waals surface area (Å²) in [5.74, 6) is 0.0448. The van der Waals surface area contributed by atoms with Crippen molar-refractivity contribution >= 4 is 5.91 Å². The number of rotatable bonds is 7. The highest BCUT2D eigenvalue weighted by atomic mass is 16.1. The largest absolute Gasteiger partial charge is 0.355 e. The Bertz CT molecular complexity index is 272. The quantitative estimate of drug-likeness (QED) is 0.590. The first-order valence-electron chi connectivity index (χ1n) is 5.12. The van der Waals surface area contributed by atoms with Crippen LogP contribution >= 0.6 is 0 Å². The van der Waals surface area contributed by atoms with Gasteiger partial charge in [0.25, 0.3) is 0 Å². The first kappa shape index (κ1) is 11.6. The molecule has 1 aromatic rings. The lowest BCUT2D eigenvalue weighted by Crippen LogP contribution is -2.32. The molecule has 0 fully saturated rings. The van der Waals surface area contributed by atoms with E-state index < -0.39 is 0 Å². The number of nitrogens with one attached hydrogen (secondary N) is 2. The van der Waals surface area contributed by atoms with Crippen molar-refractivity contribution in [1.29, 1.82) is 0 Å². The van der Waals surface area contributed by atoms with E-state index in [2.05, 4.69) is 20.7 Å². The fourth-order valence-corrected chi connectivity index (χ4v) is 1.12. The summed E-state index contributed by atoms with van der Waals surface area (Å²) in [5.41, 5.74) is 0. The lowest BCUT2D eigenvalue weighted by Gasteiger charge is -2.05. The number of carbonyl (C=O) groups excluding carboxylic acids is 1. The molecule has 2 N–H and O–H groups in total. The molecule has 0 saturated carbocycles. The standard InChI is InChI=1S/C9H17N5O/c1-2-10-4-5-12-9(15)3-6-14-8-11-7-13-14/h7-8,10H,2-6H2,1H3,(H,12,15). The number of hydrogen-bond donors (Lipinski definition) is 2. The van der Waals surface area contributed by atoms with Crippen molar-refractivity contribution < 1.29 is 4.79 Å². The van der Waals surface area contributed by atoms with Crippen LogP contribution in [0.1, 0.15) is 13.3 Å². The predicted octanol–water partition coefficient (Wildman–Crippen LogP) is -0.606. The molecule has 0 radical (unpaired) electrons. The smallest absolute Gasteiger partial charge is 0.221 e. The van der Waals surface area contributed by atoms with Gasteiger partial charge < -0.3 is 10.6 Å². The van der Waals surface area contributed by atoms with Crippen molar-refractivity contribution in [2.45, 2.75) is 19.9 Å². The van der Waals surface area contributed by atoms with Crippen LogP contribution in [0.4, 0.5) is 0 Å². The SMILES string of the molecule is CCNCCNC(=O)CCn1cncn1. The molecule has 0 aliphatic heterocycles. The van der Waals surface area contributed by atoms with Crippen LogP contribution in [0.3, 0.4) is 0 Å². The third-order valence-electron chi connectivity index (χ3n) is 1.91. The first-order valence-corrected chi connectivity index (χ1v) is 5.12. The molecule has 1 aromatic heterocycles. The molecule has 1 rings (SSSR count). The van der Waals surface area contributed by atoms with Crippen LogP contribution in [0.25, 0.3) is 0 Å². The molecule has 0 spiro atoms. The summed E-state index contributed by atoms with van der Waals surface area (Å²) in [4.78, 5) is 15.1. The number of amides is 1. The van der Waals surface area contributed by atoms with E-state index in [0.29, 0.717) is 19.5 Å². The molecule has 0 unspecified atom stereocenters. The van der Waals surface area contributed by atoms with Gasteiger partial charge in [-0.15, -0.1) is 0 Å². The monoisotopic (exact) mass is 211 g/mol. The second kappa shape index (κ2) is 6.94. The molecule has 84 valence electrons. The number of aromatic nitrogens is 3. The molecular weight excluding hydrogens is 194 g/mol. The minimum absolute atomic E-state index is 0.0448. The Morgan fingerprint density at radius 3 is 3.00 bits per heavy atom. The van der Waals surface area contributed by atoms with Crippen LogP contribution in [-0.4, -0.2) is 40.3 Å². The van der Waals surface area contributed by atoms with Crippen molar-refractivity contribution in [1.82, 2.24) is 25.4 Å². The fraction of sp³-hybridized carbons (Fsp3) is 0.667. The number of nitrogens with zero attached hydrogens (tertiary/aromatic N) is 3. The Labute approximate surface area is 89.1 Å². The highest BCUT2D eigenvalue weighted by Gasteiger charge is 2.00. The Morgan fingerprint density at radius 2 is 2.33 bits per heavy atom. The Balaban J connectivity index is 2.04. The summed E-state index contributed by atoms with van der Waals surface area (Å²) in [6, 6.07) is 0. The van der Waals surface area contributed by atoms with Gasteiger partial charge in [0.15, 0.2) is 0 Å². The van der Waals surface area contributed by atoms with E-state index in [0.717, 1.165) is 13.1 Å². The second-order valence-electron chi connectivity index (χ2n) is 3.11. The van der Waals surface area contributed by atoms with E-state index in [1.807, 2.05) is 6.92 Å². The highest BCUT2D eigenvalue weighted by Crippen LogP contribution is 1.86. The van der Waals surface area contributed by atoms with E-state index >= 15 is 0 Å². The van der Waals surface area contributed by atoms with Crippen LogP contribution in [0, 0.1) is 0 Å². The molecule has 0 aromatic carbocycles. The number of aryl methyl sites for hydroxylation is 1. The second-order valence-corrected chi connectivity index (χ2v) is 3.11. The maximum absolute atomic E-state index is 11.3. The Morgan fingerprint density at radius 1 is 1.47 bits per heavy atom. The summed E-state index contributed by atoms with van der Waals surface area (Å²) in [6.45, 7) is 5.02. The van der Waals surface area contributed by atoms with E-state index in [-0.39, 0.29) is 5.91 Å². The minimum atomic E-state index is 0.0448. The van der Waals surface area contributed by atoms with Gasteiger partial charge in [-0.05, 0) is 6.54 Å². The zero-order valence-electron chi connectivity index (χ0n) is 8.94. The van der Waals surface area contributed by atoms with Gasteiger partial charge in [-0.2, -0.15) is 5.10 Å². The summed E-state index contributed by atoms with van der Waals surface area (Å²) < 4.78 is 1.64. The molecule has 6 heteroatoms. The molecule has 1 heterocycles. The van der Waals surface area contributed by atoms with Crippen molar-refractivity contribution in [2.24, 2.45) is 0 Å². The normalized spacial score (nSPS) is 10.2. The number of carbonyl (C=O) groups is 1. The van der Waals surface area contributed by atoms with Gasteiger partial charge in [0.1, 0.15) is 12.7 Å². The van der Waals surface area contributed by atoms with Gasteiger partial charge in [0.2, 0.25) is 5.91 Å². The molecule has 1 amide bonds. The van der Waals surface area contributed by atoms with E-state index in [9.17, 15) is 4.79 Å². The summed E-state index contributed by atoms with van der Waals surface area (Å²) >= 11 is 0. The van der Waals surface area contributed by atoms with Crippen LogP contribution < -0.4 is 10.6 Å². The number of hydrogen-bond acceptors (Lipinski definition) is 4. The lowest BCUT2D eigenvalue weighted by atomic mass is 10.4. The highest BCUT2D eigenvalue weighted by molar-refractivity contribution is 5.75. The van der Waals surface area contributed by atoms with Crippen molar-refractivity contribution in [3.63, 3.8) is 0 Å². The zero-order chi connectivity index (χ0) is 10.9. The van der Waals surface area contributed by atoms with Crippen LogP contribution in [0.5, 0.6) is 0 Å². The predicted molar refractivity (Wildman–Crippen MR) is 56.2 cm³/mol. The van der Waals surface area contributed by atoms with Crippen molar-refractivity contribution in [3.8, 4) is 0 Å². The average Bonchev–Trinajstić information content (AvgIpc) is 2.74. The molecular formula is C9H17N5O. The molecule has 0 atom stereocenters. The first-order chi connectivity index (χ1) is 7.33. The summed E-state index contributed by atoms with van der Waals surface area (Å²) in [6.07, 6.45) is 3.50. The van der Waals surface area contributed by atoms with Gasteiger partial charge >= 0.3 is 0 Å². The Kier molecular flexibility index (Phi) is 5.39. The van der Waals surface area contributed by atoms with Crippen LogP contribution in [0.15, 0.2) is 12.7 Å². The molecule has 0 aliphatic rings. The van der Waals surface area contributed by atoms with E-state index in [1.165, 1.54) is 6.33 Å². The lowest BCUT2D eigenvalue weighted by molar-refractivity contribution is -0.121. The number of likely N-dealkylation sites (N-methyl/N-ethyl adjacent to an activating group) is 1. The Hall–Kier alpha value is -1.43. The third-order valence-corrected chi connectivity index (χ3v) is 1.91. The maximum atomic E-state index is 11.3. The van der Waals surface area contributed by atoms with Crippen LogP contribution in [-0.2, 0) is 11.3 Å². The third kappa shape index (κ3) is 5.11. The summed E-state index contributed by atoms with van der Waals surface area (Å²) in [5, 5.41) is 9.86.